The van der Waals surface area contributed by atoms with Crippen LogP contribution in [0.4, 0.5) is 5.69 Å². The molecular formula is C13H17N3. The Morgan fingerprint density at radius 2 is 2.38 bits per heavy atom. The number of rotatable bonds is 2. The van der Waals surface area contributed by atoms with Crippen LogP contribution in [-0.2, 0) is 0 Å². The van der Waals surface area contributed by atoms with Crippen molar-refractivity contribution in [3.63, 3.8) is 0 Å². The molecule has 1 atom stereocenters. The first-order chi connectivity index (χ1) is 7.72. The van der Waals surface area contributed by atoms with Gasteiger partial charge >= 0.3 is 0 Å². The van der Waals surface area contributed by atoms with Crippen molar-refractivity contribution in [1.29, 1.82) is 5.26 Å². The molecule has 1 aliphatic rings. The Balaban J connectivity index is 2.18. The van der Waals surface area contributed by atoms with Crippen molar-refractivity contribution in [2.24, 2.45) is 11.8 Å². The van der Waals surface area contributed by atoms with Crippen LogP contribution in [0.5, 0.6) is 0 Å². The van der Waals surface area contributed by atoms with Gasteiger partial charge in [-0.05, 0) is 30.4 Å². The van der Waals surface area contributed by atoms with Gasteiger partial charge in [-0.3, -0.25) is 0 Å². The summed E-state index contributed by atoms with van der Waals surface area (Å²) in [7, 11) is 0. The summed E-state index contributed by atoms with van der Waals surface area (Å²) >= 11 is 0. The van der Waals surface area contributed by atoms with E-state index in [1.165, 1.54) is 6.42 Å². The van der Waals surface area contributed by atoms with Gasteiger partial charge in [0, 0.05) is 19.3 Å². The number of nitrogens with zero attached hydrogens (tertiary/aromatic N) is 3. The fraction of sp³-hybridized carbons (Fsp3) is 0.538. The molecule has 16 heavy (non-hydrogen) atoms. The third-order valence-corrected chi connectivity index (χ3v) is 3.40. The van der Waals surface area contributed by atoms with E-state index in [1.807, 2.05) is 12.1 Å². The molecule has 3 nitrogen and oxygen atoms in total. The number of hydrogen-bond acceptors (Lipinski definition) is 3. The van der Waals surface area contributed by atoms with Gasteiger partial charge in [-0.25, -0.2) is 4.98 Å². The fourth-order valence-corrected chi connectivity index (χ4v) is 2.29. The van der Waals surface area contributed by atoms with E-state index >= 15 is 0 Å². The molecule has 0 N–H and O–H groups in total. The number of hydrogen-bond donors (Lipinski definition) is 0. The highest BCUT2D eigenvalue weighted by Crippen LogP contribution is 2.29. The summed E-state index contributed by atoms with van der Waals surface area (Å²) in [5.41, 5.74) is 1.54. The summed E-state index contributed by atoms with van der Waals surface area (Å²) < 4.78 is 0. The monoisotopic (exact) mass is 215 g/mol. The van der Waals surface area contributed by atoms with Crippen LogP contribution in [-0.4, -0.2) is 18.1 Å². The molecule has 2 heterocycles. The van der Waals surface area contributed by atoms with Crippen molar-refractivity contribution in [2.45, 2.75) is 20.3 Å². The van der Waals surface area contributed by atoms with Gasteiger partial charge in [0.15, 0.2) is 5.69 Å². The summed E-state index contributed by atoms with van der Waals surface area (Å²) in [5, 5.41) is 9.01. The maximum absolute atomic E-state index is 9.01. The lowest BCUT2D eigenvalue weighted by Crippen LogP contribution is -2.22. The van der Waals surface area contributed by atoms with Crippen molar-refractivity contribution in [3.05, 3.63) is 24.0 Å². The van der Waals surface area contributed by atoms with Crippen LogP contribution in [0.15, 0.2) is 18.3 Å². The van der Waals surface area contributed by atoms with E-state index in [9.17, 15) is 0 Å². The predicted octanol–water partition coefficient (Wildman–Crippen LogP) is 2.44. The third-order valence-electron chi connectivity index (χ3n) is 3.40. The SMILES string of the molecule is CC(C)C1CCN(c2cccnc2C#N)C1. The van der Waals surface area contributed by atoms with Crippen LogP contribution in [0.2, 0.25) is 0 Å². The first-order valence-electron chi connectivity index (χ1n) is 5.82. The molecule has 0 radical (unpaired) electrons. The Bertz CT molecular complexity index is 406. The second kappa shape index (κ2) is 4.52. The maximum atomic E-state index is 9.01. The number of pyridine rings is 1. The van der Waals surface area contributed by atoms with Crippen LogP contribution in [0.3, 0.4) is 0 Å². The van der Waals surface area contributed by atoms with E-state index < -0.39 is 0 Å². The van der Waals surface area contributed by atoms with E-state index in [-0.39, 0.29) is 0 Å². The molecule has 1 saturated heterocycles. The largest absolute Gasteiger partial charge is 0.369 e. The molecule has 0 bridgehead atoms. The average molecular weight is 215 g/mol. The summed E-state index contributed by atoms with van der Waals surface area (Å²) in [6.07, 6.45) is 2.90. The molecule has 1 unspecified atom stereocenters. The van der Waals surface area contributed by atoms with Gasteiger partial charge in [-0.15, -0.1) is 0 Å². The number of anilines is 1. The molecule has 0 saturated carbocycles. The molecule has 3 heteroatoms. The van der Waals surface area contributed by atoms with Crippen LogP contribution >= 0.6 is 0 Å². The third kappa shape index (κ3) is 2.01. The molecule has 0 aromatic carbocycles. The summed E-state index contributed by atoms with van der Waals surface area (Å²) in [4.78, 5) is 6.40. The molecular weight excluding hydrogens is 198 g/mol. The van der Waals surface area contributed by atoms with E-state index in [0.29, 0.717) is 11.6 Å². The minimum absolute atomic E-state index is 0.548. The van der Waals surface area contributed by atoms with Crippen molar-refractivity contribution < 1.29 is 0 Å². The Morgan fingerprint density at radius 3 is 3.00 bits per heavy atom. The van der Waals surface area contributed by atoms with Gasteiger partial charge in [-0.2, -0.15) is 5.26 Å². The van der Waals surface area contributed by atoms with E-state index in [4.69, 9.17) is 5.26 Å². The normalized spacial score (nSPS) is 20.1. The molecule has 1 aliphatic heterocycles. The van der Waals surface area contributed by atoms with Crippen molar-refractivity contribution in [3.8, 4) is 6.07 Å². The standard InChI is InChI=1S/C13H17N3/c1-10(2)11-5-7-16(9-11)13-4-3-6-15-12(13)8-14/h3-4,6,10-11H,5,7,9H2,1-2H3. The second-order valence-electron chi connectivity index (χ2n) is 4.72. The van der Waals surface area contributed by atoms with Gasteiger partial charge in [-0.1, -0.05) is 13.8 Å². The first-order valence-corrected chi connectivity index (χ1v) is 5.82. The van der Waals surface area contributed by atoms with Crippen LogP contribution in [0.1, 0.15) is 26.0 Å². The first kappa shape index (κ1) is 10.9. The van der Waals surface area contributed by atoms with E-state index in [0.717, 1.165) is 24.7 Å². The molecule has 1 aromatic rings. The van der Waals surface area contributed by atoms with Gasteiger partial charge < -0.3 is 4.90 Å². The lowest BCUT2D eigenvalue weighted by atomic mass is 9.95. The van der Waals surface area contributed by atoms with Crippen LogP contribution < -0.4 is 4.90 Å². The number of nitriles is 1. The fourth-order valence-electron chi connectivity index (χ4n) is 2.29. The Kier molecular flexibility index (Phi) is 3.09. The maximum Gasteiger partial charge on any atom is 0.163 e. The van der Waals surface area contributed by atoms with Crippen molar-refractivity contribution >= 4 is 5.69 Å². The van der Waals surface area contributed by atoms with Crippen molar-refractivity contribution in [2.75, 3.05) is 18.0 Å². The zero-order valence-electron chi connectivity index (χ0n) is 9.85. The molecule has 0 spiro atoms. The molecule has 0 aliphatic carbocycles. The summed E-state index contributed by atoms with van der Waals surface area (Å²) in [5.74, 6) is 1.46. The van der Waals surface area contributed by atoms with Gasteiger partial charge in [0.1, 0.15) is 6.07 Å². The smallest absolute Gasteiger partial charge is 0.163 e. The van der Waals surface area contributed by atoms with Crippen LogP contribution in [0, 0.1) is 23.2 Å². The Morgan fingerprint density at radius 1 is 1.56 bits per heavy atom. The topological polar surface area (TPSA) is 39.9 Å². The molecule has 1 fully saturated rings. The Labute approximate surface area is 96.7 Å². The summed E-state index contributed by atoms with van der Waals surface area (Å²) in [6, 6.07) is 6.06. The van der Waals surface area contributed by atoms with E-state index in [1.54, 1.807) is 6.20 Å². The zero-order chi connectivity index (χ0) is 11.5. The summed E-state index contributed by atoms with van der Waals surface area (Å²) in [6.45, 7) is 6.63. The minimum Gasteiger partial charge on any atom is -0.369 e. The highest BCUT2D eigenvalue weighted by molar-refractivity contribution is 5.56. The molecule has 2 rings (SSSR count). The zero-order valence-corrected chi connectivity index (χ0v) is 9.85. The molecule has 0 amide bonds. The van der Waals surface area contributed by atoms with Gasteiger partial charge in [0.2, 0.25) is 0 Å². The minimum atomic E-state index is 0.548. The van der Waals surface area contributed by atoms with Crippen LogP contribution in [0.25, 0.3) is 0 Å². The highest BCUT2D eigenvalue weighted by Gasteiger charge is 2.26. The number of aromatic nitrogens is 1. The lowest BCUT2D eigenvalue weighted by Gasteiger charge is -2.20. The van der Waals surface area contributed by atoms with Crippen molar-refractivity contribution in [1.82, 2.24) is 4.98 Å². The second-order valence-corrected chi connectivity index (χ2v) is 4.72. The molecule has 1 aromatic heterocycles. The van der Waals surface area contributed by atoms with E-state index in [2.05, 4.69) is 29.8 Å². The Hall–Kier alpha value is -1.56. The highest BCUT2D eigenvalue weighted by atomic mass is 15.2. The average Bonchev–Trinajstić information content (AvgIpc) is 2.78. The predicted molar refractivity (Wildman–Crippen MR) is 64.1 cm³/mol. The van der Waals surface area contributed by atoms with Gasteiger partial charge in [0.05, 0.1) is 5.69 Å². The van der Waals surface area contributed by atoms with Gasteiger partial charge in [0.25, 0.3) is 0 Å². The lowest BCUT2D eigenvalue weighted by molar-refractivity contribution is 0.422. The quantitative estimate of drug-likeness (QED) is 0.760. The molecule has 84 valence electrons.